The van der Waals surface area contributed by atoms with Crippen LogP contribution in [0.5, 0.6) is 5.75 Å². The van der Waals surface area contributed by atoms with E-state index in [4.69, 9.17) is 0 Å². The van der Waals surface area contributed by atoms with Crippen molar-refractivity contribution in [1.29, 1.82) is 0 Å². The molecule has 5 heteroatoms. The normalized spacial score (nSPS) is 13.9. The zero-order valence-corrected chi connectivity index (χ0v) is 12.3. The first-order chi connectivity index (χ1) is 9.63. The molecular formula is C15H13BrN2O2. The van der Waals surface area contributed by atoms with Crippen LogP contribution < -0.4 is 0 Å². The highest BCUT2D eigenvalue weighted by molar-refractivity contribution is 9.10. The van der Waals surface area contributed by atoms with Gasteiger partial charge in [0.1, 0.15) is 11.4 Å². The molecule has 102 valence electrons. The number of nitrogens with zero attached hydrogens (tertiary/aromatic N) is 2. The van der Waals surface area contributed by atoms with E-state index in [0.717, 1.165) is 16.5 Å². The van der Waals surface area contributed by atoms with Gasteiger partial charge in [-0.2, -0.15) is 0 Å². The molecule has 1 N–H and O–H groups in total. The zero-order valence-electron chi connectivity index (χ0n) is 10.7. The highest BCUT2D eigenvalue weighted by Crippen LogP contribution is 2.24. The van der Waals surface area contributed by atoms with Gasteiger partial charge >= 0.3 is 0 Å². The molecule has 0 atom stereocenters. The molecule has 0 radical (unpaired) electrons. The maximum atomic E-state index is 12.4. The molecule has 1 aromatic carbocycles. The van der Waals surface area contributed by atoms with Crippen LogP contribution in [0.4, 0.5) is 0 Å². The van der Waals surface area contributed by atoms with Gasteiger partial charge in [-0.25, -0.2) is 4.98 Å². The molecule has 4 nitrogen and oxygen atoms in total. The molecule has 1 aliphatic rings. The number of hydrogen-bond donors (Lipinski definition) is 1. The monoisotopic (exact) mass is 332 g/mol. The number of hydrogen-bond acceptors (Lipinski definition) is 3. The van der Waals surface area contributed by atoms with E-state index in [2.05, 4.69) is 20.9 Å². The highest BCUT2D eigenvalue weighted by Gasteiger charge is 2.22. The van der Waals surface area contributed by atoms with E-state index in [1.807, 2.05) is 12.1 Å². The fourth-order valence-corrected chi connectivity index (χ4v) is 2.62. The van der Waals surface area contributed by atoms with Gasteiger partial charge in [0.2, 0.25) is 0 Å². The number of amides is 1. The first-order valence-electron chi connectivity index (χ1n) is 6.35. The van der Waals surface area contributed by atoms with Crippen LogP contribution in [0.15, 0.2) is 41.0 Å². The topological polar surface area (TPSA) is 53.4 Å². The quantitative estimate of drug-likeness (QED) is 0.873. The van der Waals surface area contributed by atoms with Crippen LogP contribution in [0.1, 0.15) is 21.6 Å². The third-order valence-electron chi connectivity index (χ3n) is 3.44. The second-order valence-electron chi connectivity index (χ2n) is 4.79. The van der Waals surface area contributed by atoms with Gasteiger partial charge in [0.25, 0.3) is 5.91 Å². The maximum absolute atomic E-state index is 12.4. The summed E-state index contributed by atoms with van der Waals surface area (Å²) in [6.07, 6.45) is 2.43. The zero-order chi connectivity index (χ0) is 14.1. The Morgan fingerprint density at radius 1 is 1.25 bits per heavy atom. The van der Waals surface area contributed by atoms with Gasteiger partial charge in [0, 0.05) is 23.8 Å². The molecule has 0 aliphatic carbocycles. The Bertz CT molecular complexity index is 655. The van der Waals surface area contributed by atoms with E-state index < -0.39 is 0 Å². The van der Waals surface area contributed by atoms with Gasteiger partial charge in [-0.3, -0.25) is 4.79 Å². The Kier molecular flexibility index (Phi) is 3.44. The number of phenols is 1. The van der Waals surface area contributed by atoms with E-state index >= 15 is 0 Å². The molecule has 20 heavy (non-hydrogen) atoms. The molecule has 0 saturated carbocycles. The molecule has 0 spiro atoms. The molecule has 3 rings (SSSR count). The molecule has 2 aromatic rings. The Morgan fingerprint density at radius 3 is 2.85 bits per heavy atom. The summed E-state index contributed by atoms with van der Waals surface area (Å²) in [6, 6.07) is 8.86. The van der Waals surface area contributed by atoms with Crippen molar-refractivity contribution in [2.75, 3.05) is 6.54 Å². The third kappa shape index (κ3) is 2.54. The number of benzene rings is 1. The van der Waals surface area contributed by atoms with Gasteiger partial charge < -0.3 is 10.0 Å². The number of carbonyl (C=O) groups is 1. The van der Waals surface area contributed by atoms with Crippen molar-refractivity contribution >= 4 is 21.8 Å². The lowest BCUT2D eigenvalue weighted by Gasteiger charge is -2.28. The lowest BCUT2D eigenvalue weighted by atomic mass is 9.99. The molecule has 0 fully saturated rings. The molecule has 2 heterocycles. The van der Waals surface area contributed by atoms with Crippen LogP contribution >= 0.6 is 15.9 Å². The molecule has 1 amide bonds. The molecule has 0 bridgehead atoms. The summed E-state index contributed by atoms with van der Waals surface area (Å²) in [5, 5.41) is 9.54. The summed E-state index contributed by atoms with van der Waals surface area (Å²) < 4.78 is 0.850. The van der Waals surface area contributed by atoms with Crippen LogP contribution in [0.3, 0.4) is 0 Å². The second-order valence-corrected chi connectivity index (χ2v) is 5.71. The van der Waals surface area contributed by atoms with Crippen LogP contribution in [0.2, 0.25) is 0 Å². The Morgan fingerprint density at radius 2 is 2.10 bits per heavy atom. The second kappa shape index (κ2) is 5.25. The number of phenolic OH excluding ortho intramolecular Hbond substituents is 1. The number of pyridine rings is 1. The van der Waals surface area contributed by atoms with Crippen molar-refractivity contribution in [2.45, 2.75) is 13.0 Å². The predicted octanol–water partition coefficient (Wildman–Crippen LogP) is 2.75. The summed E-state index contributed by atoms with van der Waals surface area (Å²) in [5.41, 5.74) is 2.63. The fourth-order valence-electron chi connectivity index (χ4n) is 2.38. The van der Waals surface area contributed by atoms with Crippen LogP contribution in [-0.4, -0.2) is 27.4 Å². The van der Waals surface area contributed by atoms with Crippen LogP contribution in [0, 0.1) is 0 Å². The average Bonchev–Trinajstić information content (AvgIpc) is 2.46. The van der Waals surface area contributed by atoms with Crippen molar-refractivity contribution in [1.82, 2.24) is 9.88 Å². The molecule has 0 unspecified atom stereocenters. The predicted molar refractivity (Wildman–Crippen MR) is 78.5 cm³/mol. The number of halogens is 1. The Balaban J connectivity index is 1.82. The van der Waals surface area contributed by atoms with Crippen LogP contribution in [0.25, 0.3) is 0 Å². The van der Waals surface area contributed by atoms with Crippen molar-refractivity contribution in [3.8, 4) is 5.75 Å². The highest BCUT2D eigenvalue weighted by atomic mass is 79.9. The first kappa shape index (κ1) is 13.1. The van der Waals surface area contributed by atoms with E-state index in [1.165, 1.54) is 5.56 Å². The van der Waals surface area contributed by atoms with Gasteiger partial charge in [0.15, 0.2) is 0 Å². The molecule has 1 aliphatic heterocycles. The van der Waals surface area contributed by atoms with E-state index in [0.29, 0.717) is 18.8 Å². The number of fused-ring (bicyclic) bond motifs is 1. The van der Waals surface area contributed by atoms with Crippen molar-refractivity contribution in [3.63, 3.8) is 0 Å². The van der Waals surface area contributed by atoms with E-state index in [1.54, 1.807) is 29.3 Å². The first-order valence-corrected chi connectivity index (χ1v) is 7.14. The van der Waals surface area contributed by atoms with E-state index in [9.17, 15) is 9.90 Å². The van der Waals surface area contributed by atoms with E-state index in [-0.39, 0.29) is 11.7 Å². The maximum Gasteiger partial charge on any atom is 0.272 e. The summed E-state index contributed by atoms with van der Waals surface area (Å²) in [5.74, 6) is 0.159. The smallest absolute Gasteiger partial charge is 0.272 e. The largest absolute Gasteiger partial charge is 0.508 e. The van der Waals surface area contributed by atoms with Crippen molar-refractivity contribution in [2.24, 2.45) is 0 Å². The fraction of sp³-hybridized carbons (Fsp3) is 0.200. The summed E-state index contributed by atoms with van der Waals surface area (Å²) in [6.45, 7) is 1.19. The molecule has 0 saturated heterocycles. The molecular weight excluding hydrogens is 320 g/mol. The SMILES string of the molecule is O=C(c1ccc(Br)cn1)N1CCc2ccc(O)cc2C1. The number of rotatable bonds is 1. The Labute approximate surface area is 125 Å². The number of aromatic nitrogens is 1. The third-order valence-corrected chi connectivity index (χ3v) is 3.90. The van der Waals surface area contributed by atoms with Gasteiger partial charge in [-0.15, -0.1) is 0 Å². The molecule has 1 aromatic heterocycles. The lowest BCUT2D eigenvalue weighted by Crippen LogP contribution is -2.36. The standard InChI is InChI=1S/C15H13BrN2O2/c16-12-2-4-14(17-8-12)15(20)18-6-5-10-1-3-13(19)7-11(10)9-18/h1-4,7-8,19H,5-6,9H2. The summed E-state index contributed by atoms with van der Waals surface area (Å²) in [4.78, 5) is 18.3. The van der Waals surface area contributed by atoms with Gasteiger partial charge in [-0.1, -0.05) is 6.07 Å². The minimum absolute atomic E-state index is 0.0773. The lowest BCUT2D eigenvalue weighted by molar-refractivity contribution is 0.0728. The minimum atomic E-state index is -0.0773. The summed E-state index contributed by atoms with van der Waals surface area (Å²) >= 11 is 3.30. The van der Waals surface area contributed by atoms with Gasteiger partial charge in [-0.05, 0) is 57.7 Å². The average molecular weight is 333 g/mol. The Hall–Kier alpha value is -1.88. The van der Waals surface area contributed by atoms with Crippen molar-refractivity contribution < 1.29 is 9.90 Å². The van der Waals surface area contributed by atoms with Gasteiger partial charge in [0.05, 0.1) is 0 Å². The van der Waals surface area contributed by atoms with Crippen LogP contribution in [-0.2, 0) is 13.0 Å². The summed E-state index contributed by atoms with van der Waals surface area (Å²) in [7, 11) is 0. The van der Waals surface area contributed by atoms with Crippen molar-refractivity contribution in [3.05, 3.63) is 57.8 Å². The minimum Gasteiger partial charge on any atom is -0.508 e. The number of carbonyl (C=O) groups excluding carboxylic acids is 1. The number of aromatic hydroxyl groups is 1.